The molecule has 1 N–H and O–H groups in total. The van der Waals surface area contributed by atoms with Crippen LogP contribution >= 0.6 is 0 Å². The number of carboxylic acids is 1. The number of rotatable bonds is 5. The highest BCUT2D eigenvalue weighted by molar-refractivity contribution is 6.34. The van der Waals surface area contributed by atoms with Crippen molar-refractivity contribution in [3.05, 3.63) is 0 Å². The second kappa shape index (κ2) is 5.57. The van der Waals surface area contributed by atoms with Gasteiger partial charge in [0.1, 0.15) is 6.61 Å². The summed E-state index contributed by atoms with van der Waals surface area (Å²) in [6.45, 7) is 5.94. The third kappa shape index (κ3) is 4.71. The molecule has 0 saturated carbocycles. The predicted octanol–water partition coefficient (Wildman–Crippen LogP) is 1.51. The van der Waals surface area contributed by atoms with Crippen molar-refractivity contribution in [2.75, 3.05) is 6.61 Å². The van der Waals surface area contributed by atoms with E-state index in [2.05, 4.69) is 5.16 Å². The summed E-state index contributed by atoms with van der Waals surface area (Å²) in [5.41, 5.74) is -0.0155. The summed E-state index contributed by atoms with van der Waals surface area (Å²) in [6, 6.07) is 0. The van der Waals surface area contributed by atoms with Crippen LogP contribution in [-0.4, -0.2) is 23.4 Å². The van der Waals surface area contributed by atoms with Gasteiger partial charge in [0, 0.05) is 0 Å². The summed E-state index contributed by atoms with van der Waals surface area (Å²) in [4.78, 5) is 15.1. The molecule has 0 aromatic carbocycles. The Hall–Kier alpha value is -1.06. The van der Waals surface area contributed by atoms with E-state index in [9.17, 15) is 4.79 Å². The highest BCUT2D eigenvalue weighted by Gasteiger charge is 2.02. The first-order valence-corrected chi connectivity index (χ1v) is 3.97. The number of hydrogen-bond acceptors (Lipinski definition) is 3. The summed E-state index contributed by atoms with van der Waals surface area (Å²) in [6.07, 6.45) is 1.00. The van der Waals surface area contributed by atoms with Crippen molar-refractivity contribution in [3.8, 4) is 0 Å². The van der Waals surface area contributed by atoms with Crippen molar-refractivity contribution in [2.24, 2.45) is 11.1 Å². The molecule has 0 aliphatic heterocycles. The summed E-state index contributed by atoms with van der Waals surface area (Å²) in [5.74, 6) is -0.630. The fraction of sp³-hybridized carbons (Fsp3) is 0.750. The number of aliphatic carboxylic acids is 1. The van der Waals surface area contributed by atoms with Crippen molar-refractivity contribution in [3.63, 3.8) is 0 Å². The highest BCUT2D eigenvalue weighted by atomic mass is 16.6. The van der Waals surface area contributed by atoms with Crippen LogP contribution in [0.25, 0.3) is 0 Å². The Labute approximate surface area is 72.2 Å². The fourth-order valence-corrected chi connectivity index (χ4v) is 0.418. The Morgan fingerprint density at radius 1 is 1.67 bits per heavy atom. The minimum atomic E-state index is -1.04. The lowest BCUT2D eigenvalue weighted by molar-refractivity contribution is -0.129. The molecule has 12 heavy (non-hydrogen) atoms. The number of carboxylic acid groups (broad SMARTS) is 1. The molecule has 4 heteroatoms. The molecule has 1 atom stereocenters. The molecule has 0 aromatic rings. The molecule has 4 nitrogen and oxygen atoms in total. The largest absolute Gasteiger partial charge is 0.477 e. The maximum absolute atomic E-state index is 10.2. The van der Waals surface area contributed by atoms with Crippen LogP contribution in [0.5, 0.6) is 0 Å². The van der Waals surface area contributed by atoms with Gasteiger partial charge in [0.2, 0.25) is 0 Å². The van der Waals surface area contributed by atoms with Gasteiger partial charge in [-0.1, -0.05) is 25.4 Å². The van der Waals surface area contributed by atoms with Gasteiger partial charge in [-0.3, -0.25) is 0 Å². The smallest absolute Gasteiger partial charge is 0.353 e. The molecule has 0 bridgehead atoms. The Balaban J connectivity index is 3.67. The molecule has 0 rings (SSSR count). The van der Waals surface area contributed by atoms with Gasteiger partial charge in [-0.2, -0.15) is 0 Å². The van der Waals surface area contributed by atoms with E-state index in [0.717, 1.165) is 6.42 Å². The van der Waals surface area contributed by atoms with Crippen LogP contribution in [0.2, 0.25) is 0 Å². The molecule has 1 unspecified atom stereocenters. The molecule has 0 heterocycles. The van der Waals surface area contributed by atoms with Crippen molar-refractivity contribution >= 4 is 11.7 Å². The monoisotopic (exact) mass is 173 g/mol. The Morgan fingerprint density at radius 2 is 2.25 bits per heavy atom. The van der Waals surface area contributed by atoms with Gasteiger partial charge in [-0.25, -0.2) is 4.79 Å². The van der Waals surface area contributed by atoms with Crippen LogP contribution in [0.15, 0.2) is 5.16 Å². The van der Waals surface area contributed by atoms with E-state index in [1.165, 1.54) is 6.92 Å². The van der Waals surface area contributed by atoms with Gasteiger partial charge in [0.25, 0.3) is 0 Å². The lowest BCUT2D eigenvalue weighted by Gasteiger charge is -2.05. The van der Waals surface area contributed by atoms with E-state index in [4.69, 9.17) is 9.94 Å². The quantitative estimate of drug-likeness (QED) is 0.506. The van der Waals surface area contributed by atoms with Gasteiger partial charge in [0.15, 0.2) is 5.71 Å². The van der Waals surface area contributed by atoms with Crippen LogP contribution in [0.4, 0.5) is 0 Å². The van der Waals surface area contributed by atoms with E-state index in [1.807, 2.05) is 13.8 Å². The number of oxime groups is 1. The van der Waals surface area contributed by atoms with Crippen molar-refractivity contribution in [2.45, 2.75) is 27.2 Å². The Kier molecular flexibility index (Phi) is 5.08. The molecular formula is C8H15NO3. The molecular weight excluding hydrogens is 158 g/mol. The van der Waals surface area contributed by atoms with Gasteiger partial charge in [-0.15, -0.1) is 0 Å². The first kappa shape index (κ1) is 10.9. The molecule has 0 aliphatic rings. The van der Waals surface area contributed by atoms with E-state index in [0.29, 0.717) is 12.5 Å². The lowest BCUT2D eigenvalue weighted by atomic mass is 10.1. The fourth-order valence-electron chi connectivity index (χ4n) is 0.418. The van der Waals surface area contributed by atoms with Crippen LogP contribution in [0, 0.1) is 5.92 Å². The minimum absolute atomic E-state index is 0.0155. The maximum Gasteiger partial charge on any atom is 0.353 e. The standard InChI is InChI=1S/C8H15NO3/c1-4-6(2)5-12-9-7(3)8(10)11/h6H,4-5H2,1-3H3,(H,10,11)/b9-7+. The van der Waals surface area contributed by atoms with Gasteiger partial charge < -0.3 is 9.94 Å². The van der Waals surface area contributed by atoms with E-state index < -0.39 is 5.97 Å². The van der Waals surface area contributed by atoms with Crippen LogP contribution in [0.1, 0.15) is 27.2 Å². The van der Waals surface area contributed by atoms with E-state index in [1.54, 1.807) is 0 Å². The zero-order valence-electron chi connectivity index (χ0n) is 7.70. The maximum atomic E-state index is 10.2. The van der Waals surface area contributed by atoms with E-state index in [-0.39, 0.29) is 5.71 Å². The van der Waals surface area contributed by atoms with E-state index >= 15 is 0 Å². The number of hydrogen-bond donors (Lipinski definition) is 1. The number of nitrogens with zero attached hydrogens (tertiary/aromatic N) is 1. The normalized spacial score (nSPS) is 14.1. The van der Waals surface area contributed by atoms with Gasteiger partial charge in [0.05, 0.1) is 0 Å². The van der Waals surface area contributed by atoms with Crippen molar-refractivity contribution in [1.82, 2.24) is 0 Å². The predicted molar refractivity (Wildman–Crippen MR) is 46.2 cm³/mol. The zero-order chi connectivity index (χ0) is 9.56. The average molecular weight is 173 g/mol. The molecule has 70 valence electrons. The first-order valence-electron chi connectivity index (χ1n) is 3.97. The SMILES string of the molecule is CCC(C)CO/N=C(\C)C(=O)O. The third-order valence-electron chi connectivity index (χ3n) is 1.57. The van der Waals surface area contributed by atoms with Gasteiger partial charge >= 0.3 is 5.97 Å². The topological polar surface area (TPSA) is 58.9 Å². The molecule has 0 spiro atoms. The second-order valence-corrected chi connectivity index (χ2v) is 2.79. The zero-order valence-corrected chi connectivity index (χ0v) is 7.70. The van der Waals surface area contributed by atoms with Crippen molar-refractivity contribution < 1.29 is 14.7 Å². The minimum Gasteiger partial charge on any atom is -0.477 e. The molecule has 0 amide bonds. The summed E-state index contributed by atoms with van der Waals surface area (Å²) in [5, 5.41) is 11.8. The van der Waals surface area contributed by atoms with Crippen LogP contribution in [0.3, 0.4) is 0 Å². The third-order valence-corrected chi connectivity index (χ3v) is 1.57. The van der Waals surface area contributed by atoms with Crippen LogP contribution in [-0.2, 0) is 9.63 Å². The number of carbonyl (C=O) groups is 1. The second-order valence-electron chi connectivity index (χ2n) is 2.79. The summed E-state index contributed by atoms with van der Waals surface area (Å²) in [7, 11) is 0. The first-order chi connectivity index (χ1) is 5.57. The molecule has 0 aromatic heterocycles. The summed E-state index contributed by atoms with van der Waals surface area (Å²) < 4.78 is 0. The Morgan fingerprint density at radius 3 is 2.67 bits per heavy atom. The highest BCUT2D eigenvalue weighted by Crippen LogP contribution is 2.00. The Bertz CT molecular complexity index is 177. The average Bonchev–Trinajstić information content (AvgIpc) is 2.03. The van der Waals surface area contributed by atoms with Gasteiger partial charge in [-0.05, 0) is 12.8 Å². The molecule has 0 saturated heterocycles. The van der Waals surface area contributed by atoms with Crippen LogP contribution < -0.4 is 0 Å². The summed E-state index contributed by atoms with van der Waals surface area (Å²) >= 11 is 0. The molecule has 0 radical (unpaired) electrons. The molecule has 0 aliphatic carbocycles. The van der Waals surface area contributed by atoms with Crippen molar-refractivity contribution in [1.29, 1.82) is 0 Å². The molecule has 0 fully saturated rings. The lowest BCUT2D eigenvalue weighted by Crippen LogP contribution is -2.10.